The fourth-order valence-corrected chi connectivity index (χ4v) is 5.68. The maximum absolute atomic E-state index is 3.90. The fourth-order valence-electron chi connectivity index (χ4n) is 5.68. The average Bonchev–Trinajstić information content (AvgIpc) is 3.40. The van der Waals surface area contributed by atoms with E-state index in [9.17, 15) is 0 Å². The zero-order chi connectivity index (χ0) is 19.1. The quantitative estimate of drug-likeness (QED) is 0.623. The summed E-state index contributed by atoms with van der Waals surface area (Å²) >= 11 is 0. The van der Waals surface area contributed by atoms with Crippen molar-refractivity contribution in [2.75, 3.05) is 19.8 Å². The second-order valence-corrected chi connectivity index (χ2v) is 10.8. The van der Waals surface area contributed by atoms with Gasteiger partial charge in [0.2, 0.25) is 0 Å². The van der Waals surface area contributed by atoms with E-state index in [0.29, 0.717) is 11.5 Å². The molecule has 1 aliphatic heterocycles. The zero-order valence-corrected chi connectivity index (χ0v) is 19.1. The zero-order valence-electron chi connectivity index (χ0n) is 18.3. The number of halogens is 1. The summed E-state index contributed by atoms with van der Waals surface area (Å²) in [6.45, 7) is 13.3. The van der Waals surface area contributed by atoms with Crippen molar-refractivity contribution < 1.29 is 0 Å². The minimum absolute atomic E-state index is 0. The van der Waals surface area contributed by atoms with Crippen LogP contribution in [0.5, 0.6) is 0 Å². The minimum Gasteiger partial charge on any atom is -0.297 e. The van der Waals surface area contributed by atoms with Crippen LogP contribution in [0, 0.1) is 16.7 Å². The van der Waals surface area contributed by atoms with Crippen molar-refractivity contribution in [3.05, 3.63) is 41.5 Å². The van der Waals surface area contributed by atoms with Gasteiger partial charge in [-0.2, -0.15) is 0 Å². The number of rotatable bonds is 4. The first kappa shape index (κ1) is 21.9. The molecular formula is C25H39ClN2. The van der Waals surface area contributed by atoms with Crippen molar-refractivity contribution in [2.45, 2.75) is 72.3 Å². The molecule has 1 saturated heterocycles. The summed E-state index contributed by atoms with van der Waals surface area (Å²) in [5.41, 5.74) is 5.23. The molecule has 1 saturated carbocycles. The molecule has 0 amide bonds. The Morgan fingerprint density at radius 3 is 2.54 bits per heavy atom. The summed E-state index contributed by atoms with van der Waals surface area (Å²) in [5, 5.41) is 3.90. The van der Waals surface area contributed by atoms with E-state index in [1.54, 1.807) is 5.57 Å². The molecule has 1 aromatic rings. The van der Waals surface area contributed by atoms with Gasteiger partial charge in [0.25, 0.3) is 0 Å². The molecule has 0 radical (unpaired) electrons. The topological polar surface area (TPSA) is 15.3 Å². The first-order valence-electron chi connectivity index (χ1n) is 11.1. The Kier molecular flexibility index (Phi) is 6.64. The third-order valence-electron chi connectivity index (χ3n) is 6.59. The molecule has 0 spiro atoms. The average molecular weight is 403 g/mol. The van der Waals surface area contributed by atoms with Crippen LogP contribution in [0.1, 0.15) is 83.4 Å². The molecule has 2 nitrogen and oxygen atoms in total. The predicted octanol–water partition coefficient (Wildman–Crippen LogP) is 6.43. The normalized spacial score (nSPS) is 27.4. The molecule has 1 heterocycles. The minimum atomic E-state index is 0. The van der Waals surface area contributed by atoms with Gasteiger partial charge in [-0.3, -0.25) is 10.2 Å². The van der Waals surface area contributed by atoms with E-state index in [4.69, 9.17) is 0 Å². The van der Waals surface area contributed by atoms with Crippen LogP contribution < -0.4 is 5.32 Å². The number of allylic oxidation sites excluding steroid dienone is 2. The molecule has 0 aromatic heterocycles. The third-order valence-corrected chi connectivity index (χ3v) is 6.59. The Balaban J connectivity index is 0.00000225. The second kappa shape index (κ2) is 8.50. The largest absolute Gasteiger partial charge is 0.297 e. The van der Waals surface area contributed by atoms with Crippen molar-refractivity contribution in [2.24, 2.45) is 16.7 Å². The first-order chi connectivity index (χ1) is 12.8. The Labute approximate surface area is 178 Å². The van der Waals surface area contributed by atoms with Crippen molar-refractivity contribution >= 4 is 18.0 Å². The summed E-state index contributed by atoms with van der Waals surface area (Å²) < 4.78 is 0. The molecule has 3 heteroatoms. The Hall–Kier alpha value is -0.830. The molecule has 1 atom stereocenters. The van der Waals surface area contributed by atoms with Crippen molar-refractivity contribution in [3.8, 4) is 0 Å². The van der Waals surface area contributed by atoms with Crippen LogP contribution in [0.2, 0.25) is 0 Å². The van der Waals surface area contributed by atoms with Gasteiger partial charge in [-0.25, -0.2) is 0 Å². The molecule has 2 fully saturated rings. The predicted molar refractivity (Wildman–Crippen MR) is 123 cm³/mol. The standard InChI is InChI=1S/C25H38N2.ClH/c1-24(2)14-20(15-25(3,4)17-24)21-8-5-6-9-22(21)23-10-7-13-27(18-26-23)16-19-11-12-19;/h5-6,8-9,14,19,23,26H,7,10-13,15-18H2,1-4H3;1H. The highest BCUT2D eigenvalue weighted by molar-refractivity contribution is 5.85. The van der Waals surface area contributed by atoms with E-state index in [2.05, 4.69) is 68.3 Å². The van der Waals surface area contributed by atoms with E-state index in [0.717, 1.165) is 12.6 Å². The van der Waals surface area contributed by atoms with Crippen LogP contribution in [0.4, 0.5) is 0 Å². The van der Waals surface area contributed by atoms with Gasteiger partial charge >= 0.3 is 0 Å². The molecule has 2 aliphatic carbocycles. The van der Waals surface area contributed by atoms with Crippen LogP contribution in [0.15, 0.2) is 30.3 Å². The lowest BCUT2D eigenvalue weighted by molar-refractivity contribution is 0.228. The summed E-state index contributed by atoms with van der Waals surface area (Å²) in [6, 6.07) is 9.68. The lowest BCUT2D eigenvalue weighted by atomic mass is 9.65. The molecule has 4 rings (SSSR count). The first-order valence-corrected chi connectivity index (χ1v) is 11.1. The molecule has 0 bridgehead atoms. The number of nitrogens with zero attached hydrogens (tertiary/aromatic N) is 1. The monoisotopic (exact) mass is 402 g/mol. The fraction of sp³-hybridized carbons (Fsp3) is 0.680. The molecule has 156 valence electrons. The van der Waals surface area contributed by atoms with Gasteiger partial charge in [0.05, 0.1) is 0 Å². The Bertz CT molecular complexity index is 702. The van der Waals surface area contributed by atoms with Gasteiger partial charge < -0.3 is 0 Å². The van der Waals surface area contributed by atoms with Gasteiger partial charge in [0.1, 0.15) is 0 Å². The molecule has 1 unspecified atom stereocenters. The van der Waals surface area contributed by atoms with Crippen LogP contribution in [-0.4, -0.2) is 24.7 Å². The summed E-state index contributed by atoms with van der Waals surface area (Å²) in [4.78, 5) is 2.65. The second-order valence-electron chi connectivity index (χ2n) is 10.8. The Morgan fingerprint density at radius 1 is 1.07 bits per heavy atom. The maximum Gasteiger partial charge on any atom is 0.0485 e. The molecule has 1 aromatic carbocycles. The van der Waals surface area contributed by atoms with E-state index in [1.807, 2.05) is 0 Å². The van der Waals surface area contributed by atoms with Gasteiger partial charge in [-0.15, -0.1) is 12.4 Å². The molecule has 1 N–H and O–H groups in total. The highest BCUT2D eigenvalue weighted by Crippen LogP contribution is 2.48. The third kappa shape index (κ3) is 5.40. The van der Waals surface area contributed by atoms with Crippen LogP contribution in [0.3, 0.4) is 0 Å². The summed E-state index contributed by atoms with van der Waals surface area (Å²) in [5.74, 6) is 0.979. The molecular weight excluding hydrogens is 364 g/mol. The van der Waals surface area contributed by atoms with E-state index in [1.165, 1.54) is 62.7 Å². The summed E-state index contributed by atoms with van der Waals surface area (Å²) in [7, 11) is 0. The SMILES string of the molecule is CC1(C)C=C(c2ccccc2C2CCCN(CC3CC3)CN2)CC(C)(C)C1.Cl. The lowest BCUT2D eigenvalue weighted by Crippen LogP contribution is -2.35. The number of hydrogen-bond acceptors (Lipinski definition) is 2. The molecule has 28 heavy (non-hydrogen) atoms. The maximum atomic E-state index is 3.90. The summed E-state index contributed by atoms with van der Waals surface area (Å²) in [6.07, 6.45) is 10.5. The smallest absolute Gasteiger partial charge is 0.0485 e. The van der Waals surface area contributed by atoms with E-state index >= 15 is 0 Å². The highest BCUT2D eigenvalue weighted by atomic mass is 35.5. The van der Waals surface area contributed by atoms with Gasteiger partial charge in [0.15, 0.2) is 0 Å². The molecule has 3 aliphatic rings. The van der Waals surface area contributed by atoms with Gasteiger partial charge in [0, 0.05) is 19.3 Å². The lowest BCUT2D eigenvalue weighted by Gasteiger charge is -2.40. The Morgan fingerprint density at radius 2 is 1.82 bits per heavy atom. The number of nitrogens with one attached hydrogen (secondary N) is 1. The van der Waals surface area contributed by atoms with Crippen LogP contribution in [0.25, 0.3) is 5.57 Å². The van der Waals surface area contributed by atoms with Crippen molar-refractivity contribution in [1.82, 2.24) is 10.2 Å². The van der Waals surface area contributed by atoms with Gasteiger partial charge in [-0.1, -0.05) is 58.0 Å². The van der Waals surface area contributed by atoms with E-state index < -0.39 is 0 Å². The number of benzene rings is 1. The van der Waals surface area contributed by atoms with Crippen molar-refractivity contribution in [1.29, 1.82) is 0 Å². The van der Waals surface area contributed by atoms with Gasteiger partial charge in [-0.05, 0) is 78.5 Å². The van der Waals surface area contributed by atoms with Crippen LogP contribution >= 0.6 is 12.4 Å². The van der Waals surface area contributed by atoms with Crippen LogP contribution in [-0.2, 0) is 0 Å². The highest BCUT2D eigenvalue weighted by Gasteiger charge is 2.34. The van der Waals surface area contributed by atoms with Crippen molar-refractivity contribution in [3.63, 3.8) is 0 Å². The van der Waals surface area contributed by atoms with E-state index in [-0.39, 0.29) is 17.8 Å². The number of hydrogen-bond donors (Lipinski definition) is 1.